The maximum Gasteiger partial charge on any atom is 4.00 e. The molecule has 0 bridgehead atoms. The smallest absolute Gasteiger partial charge is 1.00 e. The fraction of sp³-hybridized carbons (Fsp3) is 0.455. The minimum absolute atomic E-state index is 0. The van der Waals surface area contributed by atoms with E-state index in [0.717, 1.165) is 0 Å². The number of hydrogen-bond donors (Lipinski definition) is 0. The Bertz CT molecular complexity index is 184. The van der Waals surface area contributed by atoms with Crippen molar-refractivity contribution in [3.8, 4) is 0 Å². The van der Waals surface area contributed by atoms with Crippen LogP contribution >= 0.6 is 0 Å². The molecule has 14 heavy (non-hydrogen) atoms. The Balaban J connectivity index is -0.000000125. The molecule has 0 N–H and O–H groups in total. The summed E-state index contributed by atoms with van der Waals surface area (Å²) >= 11 is 0. The molecule has 0 aliphatic rings. The minimum atomic E-state index is 0. The van der Waals surface area contributed by atoms with Crippen LogP contribution in [-0.2, 0) is 21.7 Å². The van der Waals surface area contributed by atoms with Gasteiger partial charge in [-0.3, -0.25) is 0 Å². The van der Waals surface area contributed by atoms with Crippen LogP contribution in [0, 0.1) is 42.0 Å². The molecule has 0 unspecified atom stereocenters. The minimum Gasteiger partial charge on any atom is -1.00 e. The van der Waals surface area contributed by atoms with Crippen molar-refractivity contribution in [3.63, 3.8) is 0 Å². The summed E-state index contributed by atoms with van der Waals surface area (Å²) in [6, 6.07) is 0. The molecule has 0 saturated carbocycles. The van der Waals surface area contributed by atoms with Gasteiger partial charge >= 0.3 is 21.7 Å². The van der Waals surface area contributed by atoms with Crippen molar-refractivity contribution >= 4 is 0 Å². The maximum absolute atomic E-state index is 2.20. The summed E-state index contributed by atoms with van der Waals surface area (Å²) in [6.07, 6.45) is 0. The van der Waals surface area contributed by atoms with Gasteiger partial charge in [-0.05, 0) is 0 Å². The van der Waals surface area contributed by atoms with Crippen LogP contribution in [0.25, 0.3) is 0 Å². The molecule has 80 valence electrons. The van der Waals surface area contributed by atoms with Gasteiger partial charge in [-0.15, -0.1) is 0 Å². The van der Waals surface area contributed by atoms with Crippen LogP contribution in [0.15, 0.2) is 0 Å². The molecule has 1 aromatic carbocycles. The van der Waals surface area contributed by atoms with Gasteiger partial charge in [0.2, 0.25) is 0 Å². The van der Waals surface area contributed by atoms with Crippen molar-refractivity contribution in [2.75, 3.05) is 0 Å². The van der Waals surface area contributed by atoms with E-state index in [4.69, 9.17) is 0 Å². The van der Waals surface area contributed by atoms with Crippen LogP contribution in [0.5, 0.6) is 0 Å². The zero-order valence-electron chi connectivity index (χ0n) is 9.76. The summed E-state index contributed by atoms with van der Waals surface area (Å²) in [7, 11) is 0. The van der Waals surface area contributed by atoms with Crippen molar-refractivity contribution in [2.24, 2.45) is 0 Å². The fourth-order valence-corrected chi connectivity index (χ4v) is 1.41. The van der Waals surface area contributed by atoms with Crippen molar-refractivity contribution < 1.29 is 46.5 Å². The van der Waals surface area contributed by atoms with Crippen LogP contribution in [0.1, 0.15) is 27.8 Å². The molecule has 0 saturated heterocycles. The Labute approximate surface area is 116 Å². The van der Waals surface area contributed by atoms with Gasteiger partial charge in [0, 0.05) is 0 Å². The van der Waals surface area contributed by atoms with Gasteiger partial charge in [0.15, 0.2) is 0 Å². The van der Waals surface area contributed by atoms with E-state index in [9.17, 15) is 0 Å². The molecule has 0 spiro atoms. The van der Waals surface area contributed by atoms with Gasteiger partial charge in [-0.2, -0.15) is 27.8 Å². The van der Waals surface area contributed by atoms with Crippen molar-refractivity contribution in [1.82, 2.24) is 0 Å². The van der Waals surface area contributed by atoms with Crippen molar-refractivity contribution in [2.45, 2.75) is 34.6 Å². The molecule has 0 aliphatic carbocycles. The topological polar surface area (TPSA) is 0 Å². The van der Waals surface area contributed by atoms with Crippen LogP contribution in [0.4, 0.5) is 0 Å². The van der Waals surface area contributed by atoms with Crippen molar-refractivity contribution in [3.05, 3.63) is 35.2 Å². The third kappa shape index (κ3) is 4.02. The van der Waals surface area contributed by atoms with Crippen LogP contribution < -0.4 is 24.8 Å². The third-order valence-corrected chi connectivity index (χ3v) is 2.81. The van der Waals surface area contributed by atoms with Crippen molar-refractivity contribution in [1.29, 1.82) is 0 Å². The van der Waals surface area contributed by atoms with E-state index in [1.807, 2.05) is 0 Å². The second kappa shape index (κ2) is 8.91. The van der Waals surface area contributed by atoms with Gasteiger partial charge in [0.25, 0.3) is 0 Å². The first kappa shape index (κ1) is 24.1. The van der Waals surface area contributed by atoms with Gasteiger partial charge in [-0.25, -0.2) is 0 Å². The molecule has 1 aromatic rings. The number of halogens is 2. The molecule has 0 aromatic heterocycles. The van der Waals surface area contributed by atoms with Crippen LogP contribution in [0.2, 0.25) is 0 Å². The zero-order valence-corrected chi connectivity index (χ0v) is 12.8. The summed E-state index contributed by atoms with van der Waals surface area (Å²) in [5.41, 5.74) is 7.34. The quantitative estimate of drug-likeness (QED) is 0.358. The first-order chi connectivity index (χ1) is 4.55. The predicted octanol–water partition coefficient (Wildman–Crippen LogP) is -2.60. The SMILES string of the molecule is Cc1c(C)c(C)[c-](C)c1C.[CH3-].[Cl-].[Cl-].[Ti+4]. The van der Waals surface area contributed by atoms with Gasteiger partial charge in [-0.1, -0.05) is 34.6 Å². The monoisotopic (exact) mass is 268 g/mol. The van der Waals surface area contributed by atoms with E-state index < -0.39 is 0 Å². The zero-order chi connectivity index (χ0) is 7.89. The Kier molecular flexibility index (Phi) is 15.3. The second-order valence-corrected chi connectivity index (χ2v) is 3.12. The summed E-state index contributed by atoms with van der Waals surface area (Å²) < 4.78 is 0. The summed E-state index contributed by atoms with van der Waals surface area (Å²) in [5.74, 6) is 0. The summed E-state index contributed by atoms with van der Waals surface area (Å²) in [4.78, 5) is 0. The molecule has 0 aliphatic heterocycles. The first-order valence-electron chi connectivity index (χ1n) is 3.75. The third-order valence-electron chi connectivity index (χ3n) is 2.81. The molecular weight excluding hydrogens is 251 g/mol. The molecule has 0 fully saturated rings. The van der Waals surface area contributed by atoms with E-state index >= 15 is 0 Å². The average Bonchev–Trinajstić information content (AvgIpc) is 2.07. The molecule has 3 heteroatoms. The van der Waals surface area contributed by atoms with E-state index in [1.165, 1.54) is 27.8 Å². The largest absolute Gasteiger partial charge is 4.00 e. The van der Waals surface area contributed by atoms with E-state index in [-0.39, 0.29) is 54.0 Å². The predicted molar refractivity (Wildman–Crippen MR) is 52.1 cm³/mol. The number of rotatable bonds is 0. The molecule has 0 nitrogen and oxygen atoms in total. The van der Waals surface area contributed by atoms with Gasteiger partial charge < -0.3 is 32.2 Å². The van der Waals surface area contributed by atoms with Gasteiger partial charge in [0.05, 0.1) is 0 Å². The molecule has 1 rings (SSSR count). The molecule has 0 heterocycles. The van der Waals surface area contributed by atoms with Gasteiger partial charge in [0.1, 0.15) is 0 Å². The van der Waals surface area contributed by atoms with Crippen LogP contribution in [0.3, 0.4) is 0 Å². The number of hydrogen-bond acceptors (Lipinski definition) is 0. The average molecular weight is 269 g/mol. The fourth-order valence-electron chi connectivity index (χ4n) is 1.41. The molecule has 0 radical (unpaired) electrons. The summed E-state index contributed by atoms with van der Waals surface area (Å²) in [5, 5.41) is 0. The summed E-state index contributed by atoms with van der Waals surface area (Å²) in [6.45, 7) is 11.0. The Morgan fingerprint density at radius 2 is 1.00 bits per heavy atom. The second-order valence-electron chi connectivity index (χ2n) is 3.12. The standard InChI is InChI=1S/C10H15.CH3.2ClH.Ti/c1-6-7(2)9(4)10(5)8(6)3;;;;/h1-5H3;1H3;2*1H;/q2*-1;;;+4/p-2. The Morgan fingerprint density at radius 1 is 0.786 bits per heavy atom. The normalized spacial score (nSPS) is 7.50. The molecule has 0 amide bonds. The maximum atomic E-state index is 2.20. The Hall–Kier alpha value is 0.644. The Morgan fingerprint density at radius 3 is 1.07 bits per heavy atom. The van der Waals surface area contributed by atoms with Crippen LogP contribution in [-0.4, -0.2) is 0 Å². The first-order valence-corrected chi connectivity index (χ1v) is 3.75. The van der Waals surface area contributed by atoms with E-state index in [1.54, 1.807) is 0 Å². The van der Waals surface area contributed by atoms with E-state index in [0.29, 0.717) is 0 Å². The molecule has 0 atom stereocenters. The molecular formula is C11H18Cl2Ti. The van der Waals surface area contributed by atoms with E-state index in [2.05, 4.69) is 34.6 Å².